The Bertz CT molecular complexity index is 2830. The Kier molecular flexibility index (Phi) is 11.3. The zero-order chi connectivity index (χ0) is 42.4. The number of nitrogen functional groups attached to an aromatic ring is 2. The lowest BCUT2D eigenvalue weighted by Gasteiger charge is -2.35. The number of nitrogens with two attached hydrogens (primary N) is 2. The molecule has 0 spiro atoms. The lowest BCUT2D eigenvalue weighted by molar-refractivity contribution is 0.388. The molecule has 17 heteroatoms. The second kappa shape index (κ2) is 15.6. The van der Waals surface area contributed by atoms with Crippen molar-refractivity contribution in [3.8, 4) is 50.0 Å². The van der Waals surface area contributed by atoms with Crippen molar-refractivity contribution >= 4 is 42.3 Å². The number of nitrogens with zero attached hydrogens (tertiary/aromatic N) is 4. The molecule has 0 radical (unpaired) electrons. The Hall–Kier alpha value is -5.64. The molecule has 0 saturated carbocycles. The van der Waals surface area contributed by atoms with E-state index in [9.17, 15) is 22.1 Å². The van der Waals surface area contributed by atoms with Gasteiger partial charge in [-0.3, -0.25) is 0 Å². The number of benzene rings is 4. The van der Waals surface area contributed by atoms with Crippen molar-refractivity contribution in [3.05, 3.63) is 114 Å². The average molecular weight is 843 g/mol. The molecule has 0 saturated heterocycles. The highest BCUT2D eigenvalue weighted by atomic mass is 32.2. The fourth-order valence-electron chi connectivity index (χ4n) is 6.58. The van der Waals surface area contributed by atoms with Gasteiger partial charge in [-0.2, -0.15) is 5.26 Å². The van der Waals surface area contributed by atoms with Crippen LogP contribution < -0.4 is 20.9 Å². The summed E-state index contributed by atoms with van der Waals surface area (Å²) in [5.41, 5.74) is 10.9. The summed E-state index contributed by atoms with van der Waals surface area (Å²) in [5, 5.41) is 17.7. The lowest BCUT2D eigenvalue weighted by atomic mass is 9.80. The van der Waals surface area contributed by atoms with E-state index in [1.807, 2.05) is 6.07 Å². The van der Waals surface area contributed by atoms with Crippen LogP contribution in [-0.4, -0.2) is 43.1 Å². The van der Waals surface area contributed by atoms with E-state index in [4.69, 9.17) is 11.5 Å². The third-order valence-corrected chi connectivity index (χ3v) is 13.7. The first-order valence-corrected chi connectivity index (χ1v) is 21.6. The van der Waals surface area contributed by atoms with Crippen LogP contribution in [0.3, 0.4) is 0 Å². The van der Waals surface area contributed by atoms with Gasteiger partial charge in [-0.15, -0.1) is 10.2 Å². The van der Waals surface area contributed by atoms with Crippen molar-refractivity contribution < 1.29 is 25.6 Å². The second-order valence-electron chi connectivity index (χ2n) is 15.2. The second-order valence-corrected chi connectivity index (χ2v) is 19.5. The molecule has 12 nitrogen and oxygen atoms in total. The molecule has 6 rings (SSSR count). The Labute approximate surface area is 340 Å². The molecule has 58 heavy (non-hydrogen) atoms. The molecule has 0 amide bonds. The first kappa shape index (κ1) is 42.0. The zero-order valence-corrected chi connectivity index (χ0v) is 34.7. The number of hydrogen-bond acceptors (Lipinski definition) is 11. The van der Waals surface area contributed by atoms with Gasteiger partial charge in [0.25, 0.3) is 0 Å². The van der Waals surface area contributed by atoms with E-state index < -0.39 is 48.7 Å². The van der Waals surface area contributed by atoms with Crippen LogP contribution in [0.4, 0.5) is 19.7 Å². The van der Waals surface area contributed by atoms with Gasteiger partial charge in [-0.1, -0.05) is 66.8 Å². The lowest BCUT2D eigenvalue weighted by Crippen LogP contribution is -2.47. The van der Waals surface area contributed by atoms with Gasteiger partial charge < -0.3 is 11.5 Å². The number of rotatable bonds is 11. The van der Waals surface area contributed by atoms with Crippen molar-refractivity contribution in [2.75, 3.05) is 11.5 Å². The van der Waals surface area contributed by atoms with Crippen LogP contribution >= 0.6 is 11.3 Å². The van der Waals surface area contributed by atoms with Gasteiger partial charge in [0.1, 0.15) is 23.5 Å². The topological polar surface area (TPSA) is 207 Å². The molecular weight excluding hydrogens is 803 g/mol. The summed E-state index contributed by atoms with van der Waals surface area (Å²) in [6.45, 7) is 10.1. The van der Waals surface area contributed by atoms with E-state index in [1.165, 1.54) is 48.5 Å². The third-order valence-electron chi connectivity index (χ3n) is 9.43. The van der Waals surface area contributed by atoms with Crippen LogP contribution in [0.25, 0.3) is 44.0 Å². The van der Waals surface area contributed by atoms with Crippen LogP contribution in [0.5, 0.6) is 0 Å². The highest BCUT2D eigenvalue weighted by Gasteiger charge is 2.37. The van der Waals surface area contributed by atoms with Gasteiger partial charge in [-0.05, 0) is 93.8 Å². The molecule has 0 aliphatic carbocycles. The SMILES string of the molecule is C[C@@H](c1cccc(S(=O)(=O)NC(C)(C)C)c1-c1ccc(-c2nnc(N)s2)c(F)c1)C(C)(C)NS(=O)(=O)c1ccccc1-c1ccc(-c2ccc(N)nc2C#N)c(F)c1. The molecule has 0 aliphatic rings. The number of aromatic nitrogens is 3. The number of anilines is 2. The molecule has 4 aromatic carbocycles. The number of hydrogen-bond donors (Lipinski definition) is 4. The Morgan fingerprint density at radius 1 is 0.724 bits per heavy atom. The minimum atomic E-state index is -4.37. The average Bonchev–Trinajstić information content (AvgIpc) is 3.58. The zero-order valence-electron chi connectivity index (χ0n) is 32.3. The van der Waals surface area contributed by atoms with Crippen LogP contribution in [0, 0.1) is 23.0 Å². The van der Waals surface area contributed by atoms with Gasteiger partial charge in [0.05, 0.1) is 9.79 Å². The molecule has 0 fully saturated rings. The Morgan fingerprint density at radius 3 is 1.97 bits per heavy atom. The molecule has 2 heterocycles. The normalized spacial score (nSPS) is 12.9. The maximum absolute atomic E-state index is 15.9. The first-order chi connectivity index (χ1) is 27.1. The Morgan fingerprint density at radius 2 is 1.33 bits per heavy atom. The van der Waals surface area contributed by atoms with E-state index in [2.05, 4.69) is 24.6 Å². The highest BCUT2D eigenvalue weighted by Crippen LogP contribution is 2.42. The van der Waals surface area contributed by atoms with Gasteiger partial charge in [0, 0.05) is 44.8 Å². The molecule has 6 N–H and O–H groups in total. The van der Waals surface area contributed by atoms with Gasteiger partial charge >= 0.3 is 0 Å². The monoisotopic (exact) mass is 842 g/mol. The molecule has 2 aromatic heterocycles. The fourth-order valence-corrected chi connectivity index (χ4v) is 10.6. The summed E-state index contributed by atoms with van der Waals surface area (Å²) in [5.74, 6) is -2.04. The van der Waals surface area contributed by atoms with Crippen LogP contribution in [0.1, 0.15) is 58.7 Å². The number of nitriles is 1. The standard InChI is InChI=1S/C41H40F2N8O4S3/c1-23(26-11-9-13-35(58(54,55)50-40(2,3)4)37(26)25-15-17-30(32(43)21-25)38-48-49-39(46)56-38)41(5,6)51-57(52,53)34-12-8-7-10-27(34)24-14-16-28(31(42)20-24)29-18-19-36(45)47-33(29)22-44/h7-21,23,50-51H,1-6H3,(H2,45,47)(H2,46,49)/t23-/m0/s1. The number of nitrogens with one attached hydrogen (secondary N) is 2. The van der Waals surface area contributed by atoms with Crippen molar-refractivity contribution in [2.24, 2.45) is 0 Å². The predicted octanol–water partition coefficient (Wildman–Crippen LogP) is 7.85. The molecule has 6 aromatic rings. The summed E-state index contributed by atoms with van der Waals surface area (Å²) >= 11 is 0.996. The Balaban J connectivity index is 1.41. The van der Waals surface area contributed by atoms with E-state index in [0.717, 1.165) is 11.3 Å². The highest BCUT2D eigenvalue weighted by molar-refractivity contribution is 7.90. The molecule has 0 aliphatic heterocycles. The number of sulfonamides is 2. The summed E-state index contributed by atoms with van der Waals surface area (Å²) in [6, 6.07) is 24.0. The van der Waals surface area contributed by atoms with Crippen molar-refractivity contribution in [1.82, 2.24) is 24.6 Å². The maximum Gasteiger partial charge on any atom is 0.241 e. The fraction of sp³-hybridized carbons (Fsp3) is 0.220. The summed E-state index contributed by atoms with van der Waals surface area (Å²) < 4.78 is 93.9. The number of halogens is 2. The quantitative estimate of drug-likeness (QED) is 0.0993. The van der Waals surface area contributed by atoms with Crippen molar-refractivity contribution in [3.63, 3.8) is 0 Å². The summed E-state index contributed by atoms with van der Waals surface area (Å²) in [6.07, 6.45) is 0. The molecule has 1 atom stereocenters. The molecule has 0 unspecified atom stereocenters. The van der Waals surface area contributed by atoms with Crippen LogP contribution in [0.15, 0.2) is 101 Å². The van der Waals surface area contributed by atoms with Crippen molar-refractivity contribution in [2.45, 2.75) is 68.3 Å². The molecule has 0 bridgehead atoms. The maximum atomic E-state index is 15.9. The van der Waals surface area contributed by atoms with Gasteiger partial charge in [0.15, 0.2) is 10.7 Å². The first-order valence-electron chi connectivity index (χ1n) is 17.8. The largest absolute Gasteiger partial charge is 0.384 e. The van der Waals surface area contributed by atoms with E-state index >= 15 is 8.78 Å². The summed E-state index contributed by atoms with van der Waals surface area (Å²) in [7, 11) is -8.59. The third kappa shape index (κ3) is 8.61. The van der Waals surface area contributed by atoms with Gasteiger partial charge in [-0.25, -0.2) is 40.0 Å². The van der Waals surface area contributed by atoms with Crippen LogP contribution in [0.2, 0.25) is 0 Å². The van der Waals surface area contributed by atoms with E-state index in [0.29, 0.717) is 5.56 Å². The molecule has 300 valence electrons. The molecular formula is C41H40F2N8O4S3. The number of pyridine rings is 1. The summed E-state index contributed by atoms with van der Waals surface area (Å²) in [4.78, 5) is 3.71. The minimum Gasteiger partial charge on any atom is -0.384 e. The van der Waals surface area contributed by atoms with Crippen LogP contribution in [-0.2, 0) is 20.0 Å². The van der Waals surface area contributed by atoms with Gasteiger partial charge in [0.2, 0.25) is 25.2 Å². The van der Waals surface area contributed by atoms with Crippen molar-refractivity contribution in [1.29, 1.82) is 5.26 Å². The van der Waals surface area contributed by atoms with E-state index in [1.54, 1.807) is 84.0 Å². The predicted molar refractivity (Wildman–Crippen MR) is 222 cm³/mol. The minimum absolute atomic E-state index is 0.0621. The van der Waals surface area contributed by atoms with E-state index in [-0.39, 0.29) is 70.4 Å². The smallest absolute Gasteiger partial charge is 0.241 e.